The number of aryl methyl sites for hydroxylation is 1. The second-order valence-electron chi connectivity index (χ2n) is 5.11. The van der Waals surface area contributed by atoms with Gasteiger partial charge in [0.2, 0.25) is 5.88 Å². The molecule has 0 aliphatic heterocycles. The van der Waals surface area contributed by atoms with Crippen LogP contribution in [0.1, 0.15) is 43.5 Å². The average molecular weight is 249 g/mol. The summed E-state index contributed by atoms with van der Waals surface area (Å²) in [6.45, 7) is 4.69. The van der Waals surface area contributed by atoms with Crippen molar-refractivity contribution in [2.75, 3.05) is 19.0 Å². The van der Waals surface area contributed by atoms with E-state index in [0.29, 0.717) is 5.92 Å². The largest absolute Gasteiger partial charge is 0.477 e. The van der Waals surface area contributed by atoms with Crippen molar-refractivity contribution in [3.8, 4) is 5.88 Å². The maximum absolute atomic E-state index is 5.91. The van der Waals surface area contributed by atoms with Crippen LogP contribution in [0, 0.1) is 19.8 Å². The highest BCUT2D eigenvalue weighted by molar-refractivity contribution is 5.47. The van der Waals surface area contributed by atoms with Crippen LogP contribution in [-0.2, 0) is 0 Å². The van der Waals surface area contributed by atoms with Crippen LogP contribution in [-0.4, -0.2) is 23.6 Å². The summed E-state index contributed by atoms with van der Waals surface area (Å²) in [7, 11) is 1.87. The van der Waals surface area contributed by atoms with E-state index in [1.165, 1.54) is 32.1 Å². The molecule has 1 aromatic rings. The van der Waals surface area contributed by atoms with Crippen LogP contribution in [0.2, 0.25) is 0 Å². The van der Waals surface area contributed by atoms with Crippen molar-refractivity contribution in [2.45, 2.75) is 46.0 Å². The van der Waals surface area contributed by atoms with Crippen molar-refractivity contribution in [3.05, 3.63) is 11.4 Å². The first-order valence-corrected chi connectivity index (χ1v) is 6.86. The van der Waals surface area contributed by atoms with Gasteiger partial charge in [0.15, 0.2) is 0 Å². The van der Waals surface area contributed by atoms with E-state index in [1.54, 1.807) is 0 Å². The van der Waals surface area contributed by atoms with Gasteiger partial charge in [-0.2, -0.15) is 4.98 Å². The minimum Gasteiger partial charge on any atom is -0.477 e. The molecule has 100 valence electrons. The fraction of sp³-hybridized carbons (Fsp3) is 0.714. The monoisotopic (exact) mass is 249 g/mol. The molecule has 1 saturated carbocycles. The summed E-state index contributed by atoms with van der Waals surface area (Å²) in [6.07, 6.45) is 6.66. The van der Waals surface area contributed by atoms with Crippen LogP contribution in [0.25, 0.3) is 0 Å². The Hall–Kier alpha value is -1.32. The molecule has 0 aromatic carbocycles. The Labute approximate surface area is 109 Å². The summed E-state index contributed by atoms with van der Waals surface area (Å²) in [6, 6.07) is 0. The van der Waals surface area contributed by atoms with E-state index < -0.39 is 0 Å². The lowest BCUT2D eigenvalue weighted by Crippen LogP contribution is -2.16. The van der Waals surface area contributed by atoms with Gasteiger partial charge in [-0.25, -0.2) is 4.98 Å². The zero-order valence-corrected chi connectivity index (χ0v) is 11.6. The zero-order valence-electron chi connectivity index (χ0n) is 11.6. The van der Waals surface area contributed by atoms with Crippen molar-refractivity contribution < 1.29 is 4.74 Å². The Morgan fingerprint density at radius 2 is 1.89 bits per heavy atom. The molecular formula is C14H23N3O. The number of anilines is 1. The maximum Gasteiger partial charge on any atom is 0.221 e. The summed E-state index contributed by atoms with van der Waals surface area (Å²) in [4.78, 5) is 8.74. The third-order valence-electron chi connectivity index (χ3n) is 3.63. The van der Waals surface area contributed by atoms with Gasteiger partial charge in [-0.15, -0.1) is 0 Å². The molecule has 0 saturated heterocycles. The first-order valence-electron chi connectivity index (χ1n) is 6.86. The van der Waals surface area contributed by atoms with Crippen LogP contribution in [0.15, 0.2) is 0 Å². The van der Waals surface area contributed by atoms with Gasteiger partial charge < -0.3 is 10.1 Å². The summed E-state index contributed by atoms with van der Waals surface area (Å²) < 4.78 is 5.91. The standard InChI is InChI=1S/C14H23N3O/c1-10-13(15-3)16-11(2)17-14(10)18-9-12-7-5-4-6-8-12/h12H,4-9H2,1-3H3,(H,15,16,17). The topological polar surface area (TPSA) is 47.0 Å². The van der Waals surface area contributed by atoms with Crippen LogP contribution >= 0.6 is 0 Å². The summed E-state index contributed by atoms with van der Waals surface area (Å²) in [5.41, 5.74) is 0.999. The molecule has 18 heavy (non-hydrogen) atoms. The van der Waals surface area contributed by atoms with Crippen molar-refractivity contribution in [1.29, 1.82) is 0 Å². The molecule has 0 atom stereocenters. The van der Waals surface area contributed by atoms with Gasteiger partial charge in [-0.05, 0) is 32.6 Å². The molecule has 0 amide bonds. The molecule has 1 aliphatic carbocycles. The molecule has 4 heteroatoms. The van der Waals surface area contributed by atoms with E-state index in [9.17, 15) is 0 Å². The molecule has 1 fully saturated rings. The molecular weight excluding hydrogens is 226 g/mol. The fourth-order valence-corrected chi connectivity index (χ4v) is 2.54. The molecule has 2 rings (SSSR count). The van der Waals surface area contributed by atoms with E-state index in [0.717, 1.165) is 29.7 Å². The van der Waals surface area contributed by atoms with Crippen molar-refractivity contribution in [2.24, 2.45) is 5.92 Å². The minimum atomic E-state index is 0.700. The van der Waals surface area contributed by atoms with Gasteiger partial charge in [0.25, 0.3) is 0 Å². The van der Waals surface area contributed by atoms with E-state index in [2.05, 4.69) is 15.3 Å². The quantitative estimate of drug-likeness (QED) is 0.890. The van der Waals surface area contributed by atoms with Crippen molar-refractivity contribution in [1.82, 2.24) is 9.97 Å². The van der Waals surface area contributed by atoms with E-state index in [-0.39, 0.29) is 0 Å². The predicted octanol–water partition coefficient (Wildman–Crippen LogP) is 3.09. The zero-order chi connectivity index (χ0) is 13.0. The van der Waals surface area contributed by atoms with E-state index >= 15 is 0 Å². The molecule has 0 bridgehead atoms. The van der Waals surface area contributed by atoms with Crippen molar-refractivity contribution in [3.63, 3.8) is 0 Å². The third-order valence-corrected chi connectivity index (χ3v) is 3.63. The van der Waals surface area contributed by atoms with Gasteiger partial charge in [0.05, 0.1) is 12.2 Å². The molecule has 0 unspecified atom stereocenters. The highest BCUT2D eigenvalue weighted by Gasteiger charge is 2.16. The predicted molar refractivity (Wildman–Crippen MR) is 73.1 cm³/mol. The first-order chi connectivity index (χ1) is 8.70. The second kappa shape index (κ2) is 6.03. The van der Waals surface area contributed by atoms with E-state index in [1.807, 2.05) is 20.9 Å². The van der Waals surface area contributed by atoms with E-state index in [4.69, 9.17) is 4.74 Å². The molecule has 4 nitrogen and oxygen atoms in total. The Kier molecular flexibility index (Phi) is 4.39. The van der Waals surface area contributed by atoms with Gasteiger partial charge >= 0.3 is 0 Å². The number of rotatable bonds is 4. The molecule has 0 radical (unpaired) electrons. The number of hydrogen-bond acceptors (Lipinski definition) is 4. The Morgan fingerprint density at radius 1 is 1.17 bits per heavy atom. The van der Waals surface area contributed by atoms with Crippen LogP contribution in [0.4, 0.5) is 5.82 Å². The first kappa shape index (κ1) is 13.1. The van der Waals surface area contributed by atoms with Gasteiger partial charge in [0, 0.05) is 7.05 Å². The van der Waals surface area contributed by atoms with Crippen molar-refractivity contribution >= 4 is 5.82 Å². The Bertz CT molecular complexity index is 400. The molecule has 1 aliphatic rings. The SMILES string of the molecule is CNc1nc(C)nc(OCC2CCCCC2)c1C. The fourth-order valence-electron chi connectivity index (χ4n) is 2.54. The van der Waals surface area contributed by atoms with Gasteiger partial charge in [0.1, 0.15) is 11.6 Å². The Balaban J connectivity index is 2.01. The minimum absolute atomic E-state index is 0.700. The average Bonchev–Trinajstić information content (AvgIpc) is 2.40. The van der Waals surface area contributed by atoms with Gasteiger partial charge in [-0.1, -0.05) is 19.3 Å². The molecule has 0 spiro atoms. The van der Waals surface area contributed by atoms with Crippen LogP contribution < -0.4 is 10.1 Å². The second-order valence-corrected chi connectivity index (χ2v) is 5.11. The highest BCUT2D eigenvalue weighted by Crippen LogP contribution is 2.26. The summed E-state index contributed by atoms with van der Waals surface area (Å²) in [5.74, 6) is 3.05. The van der Waals surface area contributed by atoms with Crippen LogP contribution in [0.5, 0.6) is 5.88 Å². The van der Waals surface area contributed by atoms with Crippen LogP contribution in [0.3, 0.4) is 0 Å². The smallest absolute Gasteiger partial charge is 0.221 e. The normalized spacial score (nSPS) is 16.6. The number of nitrogens with zero attached hydrogens (tertiary/aromatic N) is 2. The number of nitrogens with one attached hydrogen (secondary N) is 1. The lowest BCUT2D eigenvalue weighted by atomic mass is 9.90. The lowest BCUT2D eigenvalue weighted by molar-refractivity contribution is 0.201. The number of ether oxygens (including phenoxy) is 1. The number of hydrogen-bond donors (Lipinski definition) is 1. The highest BCUT2D eigenvalue weighted by atomic mass is 16.5. The Morgan fingerprint density at radius 3 is 2.56 bits per heavy atom. The summed E-state index contributed by atoms with van der Waals surface area (Å²) >= 11 is 0. The molecule has 1 heterocycles. The molecule has 1 N–H and O–H groups in total. The number of aromatic nitrogens is 2. The maximum atomic E-state index is 5.91. The summed E-state index contributed by atoms with van der Waals surface area (Å²) in [5, 5.41) is 3.08. The van der Waals surface area contributed by atoms with Gasteiger partial charge in [-0.3, -0.25) is 0 Å². The third kappa shape index (κ3) is 3.12. The lowest BCUT2D eigenvalue weighted by Gasteiger charge is -2.22. The molecule has 1 aromatic heterocycles.